The van der Waals surface area contributed by atoms with Crippen molar-refractivity contribution in [3.63, 3.8) is 0 Å². The zero-order valence-electron chi connectivity index (χ0n) is 13.8. The molecule has 2 saturated heterocycles. The molecule has 0 saturated carbocycles. The molecular formula is C17H26N2O3S. The van der Waals surface area contributed by atoms with Crippen LogP contribution >= 0.6 is 0 Å². The van der Waals surface area contributed by atoms with Crippen LogP contribution in [0.4, 0.5) is 0 Å². The predicted molar refractivity (Wildman–Crippen MR) is 90.9 cm³/mol. The Labute approximate surface area is 139 Å². The number of hydrogen-bond donors (Lipinski definition) is 0. The number of methoxy groups -OCH3 is 1. The summed E-state index contributed by atoms with van der Waals surface area (Å²) in [5, 5.41) is 0. The Hall–Kier alpha value is -1.11. The predicted octanol–water partition coefficient (Wildman–Crippen LogP) is 2.61. The van der Waals surface area contributed by atoms with Gasteiger partial charge in [0.15, 0.2) is 0 Å². The third-order valence-electron chi connectivity index (χ3n) is 4.94. The van der Waals surface area contributed by atoms with Gasteiger partial charge in [-0.05, 0) is 49.3 Å². The normalized spacial score (nSPS) is 24.5. The molecular weight excluding hydrogens is 312 g/mol. The second-order valence-corrected chi connectivity index (χ2v) is 8.37. The fourth-order valence-electron chi connectivity index (χ4n) is 3.55. The average Bonchev–Trinajstić information content (AvgIpc) is 3.00. The number of hydrogen-bond acceptors (Lipinski definition) is 3. The molecule has 2 aliphatic heterocycles. The Balaban J connectivity index is 1.77. The molecule has 1 aromatic rings. The number of benzene rings is 1. The van der Waals surface area contributed by atoms with Gasteiger partial charge in [0.05, 0.1) is 7.11 Å². The van der Waals surface area contributed by atoms with Crippen molar-refractivity contribution in [2.75, 3.05) is 33.3 Å². The minimum Gasteiger partial charge on any atom is -0.497 e. The third kappa shape index (κ3) is 3.70. The van der Waals surface area contributed by atoms with E-state index in [4.69, 9.17) is 4.74 Å². The minimum absolute atomic E-state index is 0.265. The first-order valence-electron chi connectivity index (χ1n) is 8.50. The van der Waals surface area contributed by atoms with E-state index >= 15 is 0 Å². The van der Waals surface area contributed by atoms with Crippen molar-refractivity contribution in [1.29, 1.82) is 0 Å². The summed E-state index contributed by atoms with van der Waals surface area (Å²) in [6.45, 7) is 2.58. The quantitative estimate of drug-likeness (QED) is 0.848. The molecule has 0 spiro atoms. The van der Waals surface area contributed by atoms with Gasteiger partial charge in [-0.3, -0.25) is 0 Å². The van der Waals surface area contributed by atoms with Gasteiger partial charge >= 0.3 is 0 Å². The van der Waals surface area contributed by atoms with Gasteiger partial charge in [0.1, 0.15) is 5.75 Å². The lowest BCUT2D eigenvalue weighted by molar-refractivity contribution is 0.357. The van der Waals surface area contributed by atoms with E-state index in [0.29, 0.717) is 26.2 Å². The zero-order chi connectivity index (χ0) is 16.3. The van der Waals surface area contributed by atoms with Gasteiger partial charge in [-0.2, -0.15) is 17.0 Å². The first-order valence-corrected chi connectivity index (χ1v) is 9.90. The van der Waals surface area contributed by atoms with Crippen molar-refractivity contribution in [2.45, 2.75) is 38.0 Å². The van der Waals surface area contributed by atoms with Gasteiger partial charge in [-0.15, -0.1) is 0 Å². The topological polar surface area (TPSA) is 49.9 Å². The number of nitrogens with zero attached hydrogens (tertiary/aromatic N) is 2. The van der Waals surface area contributed by atoms with Gasteiger partial charge in [0.2, 0.25) is 0 Å². The van der Waals surface area contributed by atoms with E-state index in [0.717, 1.165) is 37.9 Å². The van der Waals surface area contributed by atoms with Crippen LogP contribution in [-0.2, 0) is 10.2 Å². The van der Waals surface area contributed by atoms with Gasteiger partial charge in [-0.25, -0.2) is 0 Å². The molecule has 0 bridgehead atoms. The summed E-state index contributed by atoms with van der Waals surface area (Å²) in [6.07, 6.45) is 5.02. The van der Waals surface area contributed by atoms with Crippen molar-refractivity contribution in [3.05, 3.63) is 29.8 Å². The first kappa shape index (κ1) is 16.7. The SMILES string of the molecule is COc1ccc(C2CCCCN(S(=O)(=O)N3CCCC3)C2)cc1. The van der Waals surface area contributed by atoms with E-state index < -0.39 is 10.2 Å². The standard InChI is InChI=1S/C17H26N2O3S/c1-22-17-9-7-15(8-10-17)16-6-2-3-13-19(14-16)23(20,21)18-11-4-5-12-18/h7-10,16H,2-6,11-14H2,1H3. The molecule has 0 amide bonds. The van der Waals surface area contributed by atoms with Crippen LogP contribution in [-0.4, -0.2) is 50.3 Å². The molecule has 5 nitrogen and oxygen atoms in total. The molecule has 2 fully saturated rings. The minimum atomic E-state index is -3.30. The molecule has 6 heteroatoms. The first-order chi connectivity index (χ1) is 11.1. The molecule has 3 rings (SSSR count). The van der Waals surface area contributed by atoms with Crippen LogP contribution in [0.2, 0.25) is 0 Å². The Bertz CT molecular complexity index is 609. The lowest BCUT2D eigenvalue weighted by Crippen LogP contribution is -2.43. The molecule has 1 atom stereocenters. The largest absolute Gasteiger partial charge is 0.497 e. The highest BCUT2D eigenvalue weighted by Gasteiger charge is 2.34. The van der Waals surface area contributed by atoms with Gasteiger partial charge in [0, 0.05) is 26.2 Å². The maximum atomic E-state index is 12.8. The summed E-state index contributed by atoms with van der Waals surface area (Å²) >= 11 is 0. The highest BCUT2D eigenvalue weighted by atomic mass is 32.2. The van der Waals surface area contributed by atoms with Crippen molar-refractivity contribution >= 4 is 10.2 Å². The molecule has 2 heterocycles. The van der Waals surface area contributed by atoms with Crippen molar-refractivity contribution < 1.29 is 13.2 Å². The molecule has 1 aromatic carbocycles. The van der Waals surface area contributed by atoms with Gasteiger partial charge in [0.25, 0.3) is 10.2 Å². The summed E-state index contributed by atoms with van der Waals surface area (Å²) in [4.78, 5) is 0. The average molecular weight is 338 g/mol. The summed E-state index contributed by atoms with van der Waals surface area (Å²) in [5.74, 6) is 1.10. The molecule has 0 radical (unpaired) electrons. The molecule has 23 heavy (non-hydrogen) atoms. The fourth-order valence-corrected chi connectivity index (χ4v) is 5.32. The fraction of sp³-hybridized carbons (Fsp3) is 0.647. The zero-order valence-corrected chi connectivity index (χ0v) is 14.6. The van der Waals surface area contributed by atoms with Crippen LogP contribution in [0.1, 0.15) is 43.6 Å². The Kier molecular flexibility index (Phi) is 5.24. The van der Waals surface area contributed by atoms with Gasteiger partial charge < -0.3 is 4.74 Å². The number of rotatable bonds is 4. The van der Waals surface area contributed by atoms with E-state index in [1.807, 2.05) is 12.1 Å². The highest BCUT2D eigenvalue weighted by molar-refractivity contribution is 7.86. The Morgan fingerprint density at radius 3 is 2.22 bits per heavy atom. The molecule has 0 aliphatic carbocycles. The van der Waals surface area contributed by atoms with E-state index in [1.54, 1.807) is 15.7 Å². The Morgan fingerprint density at radius 1 is 0.957 bits per heavy atom. The molecule has 0 aromatic heterocycles. The lowest BCUT2D eigenvalue weighted by Gasteiger charge is -2.28. The summed E-state index contributed by atoms with van der Waals surface area (Å²) in [6, 6.07) is 8.05. The van der Waals surface area contributed by atoms with Crippen LogP contribution in [0.15, 0.2) is 24.3 Å². The molecule has 0 N–H and O–H groups in total. The molecule has 2 aliphatic rings. The monoisotopic (exact) mass is 338 g/mol. The van der Waals surface area contributed by atoms with Crippen LogP contribution < -0.4 is 4.74 Å². The van der Waals surface area contributed by atoms with Crippen LogP contribution in [0.25, 0.3) is 0 Å². The highest BCUT2D eigenvalue weighted by Crippen LogP contribution is 2.30. The molecule has 128 valence electrons. The summed E-state index contributed by atoms with van der Waals surface area (Å²) in [7, 11) is -1.64. The smallest absolute Gasteiger partial charge is 0.281 e. The van der Waals surface area contributed by atoms with Gasteiger partial charge in [-0.1, -0.05) is 18.6 Å². The van der Waals surface area contributed by atoms with E-state index in [1.165, 1.54) is 5.56 Å². The van der Waals surface area contributed by atoms with E-state index in [2.05, 4.69) is 12.1 Å². The third-order valence-corrected chi connectivity index (χ3v) is 6.94. The van der Waals surface area contributed by atoms with Crippen molar-refractivity contribution in [3.8, 4) is 5.75 Å². The maximum Gasteiger partial charge on any atom is 0.281 e. The maximum absolute atomic E-state index is 12.8. The lowest BCUT2D eigenvalue weighted by atomic mass is 9.94. The van der Waals surface area contributed by atoms with E-state index in [9.17, 15) is 8.42 Å². The van der Waals surface area contributed by atoms with Crippen molar-refractivity contribution in [2.24, 2.45) is 0 Å². The Morgan fingerprint density at radius 2 is 1.57 bits per heavy atom. The summed E-state index contributed by atoms with van der Waals surface area (Å²) in [5.41, 5.74) is 1.20. The molecule has 1 unspecified atom stereocenters. The van der Waals surface area contributed by atoms with Crippen LogP contribution in [0, 0.1) is 0 Å². The van der Waals surface area contributed by atoms with E-state index in [-0.39, 0.29) is 5.92 Å². The second-order valence-electron chi connectivity index (χ2n) is 6.44. The summed E-state index contributed by atoms with van der Waals surface area (Å²) < 4.78 is 34.3. The number of ether oxygens (including phenoxy) is 1. The second kappa shape index (κ2) is 7.20. The van der Waals surface area contributed by atoms with Crippen LogP contribution in [0.5, 0.6) is 5.75 Å². The van der Waals surface area contributed by atoms with Crippen LogP contribution in [0.3, 0.4) is 0 Å². The van der Waals surface area contributed by atoms with Crippen molar-refractivity contribution in [1.82, 2.24) is 8.61 Å².